The van der Waals surface area contributed by atoms with Crippen molar-refractivity contribution in [2.24, 2.45) is 0 Å². The molecule has 0 amide bonds. The molecule has 0 spiro atoms. The summed E-state index contributed by atoms with van der Waals surface area (Å²) in [5, 5.41) is 3.50. The molecule has 2 heteroatoms. The Morgan fingerprint density at radius 2 is 0.979 bits per heavy atom. The summed E-state index contributed by atoms with van der Waals surface area (Å²) in [6.45, 7) is 0.204. The third kappa shape index (κ3) is 4.98. The van der Waals surface area contributed by atoms with Crippen LogP contribution in [-0.2, 0) is 19.5 Å². The first-order valence-corrected chi connectivity index (χ1v) is 15.6. The molecular weight excluding hydrogens is 581 g/mol. The van der Waals surface area contributed by atoms with Gasteiger partial charge in [-0.15, -0.1) is 0 Å². The number of nitrogens with zero attached hydrogens (tertiary/aromatic N) is 2. The van der Waals surface area contributed by atoms with Crippen molar-refractivity contribution in [3.8, 4) is 22.3 Å². The van der Waals surface area contributed by atoms with Crippen molar-refractivity contribution in [1.82, 2.24) is 9.13 Å². The first kappa shape index (κ1) is 15.8. The SMILES string of the molecule is [2H]c1cc(CCCn2c3ccccc3c3ccc4c5ccccc5n(Cc5c([2H])c([2H])c([2H])c(-c6c([2H])c([2H])c([2H])c([2H])c6[2H])c5[2H])c4c32)c([2H])c(-c2c([2H])c([2H])c([2H])c([2H])c2[2H])c1[2H]. The molecule has 48 heavy (non-hydrogen) atoms. The Balaban J connectivity index is 1.22. The Bertz CT molecular complexity index is 3480. The van der Waals surface area contributed by atoms with E-state index >= 15 is 0 Å². The molecule has 2 aromatic heterocycles. The number of aryl methyl sites for hydroxylation is 2. The molecule has 9 aromatic rings. The predicted octanol–water partition coefficient (Wildman–Crippen LogP) is 11.9. The van der Waals surface area contributed by atoms with Crippen LogP contribution in [0.15, 0.2) is 169 Å². The van der Waals surface area contributed by atoms with Gasteiger partial charge in [0.2, 0.25) is 0 Å². The monoisotopic (exact) mass is 633 g/mol. The Labute approximate surface area is 305 Å². The molecule has 0 aliphatic carbocycles. The van der Waals surface area contributed by atoms with E-state index in [1.165, 1.54) is 6.07 Å². The van der Waals surface area contributed by atoms with Crippen LogP contribution in [0.4, 0.5) is 0 Å². The first-order valence-electron chi connectivity index (χ1n) is 24.1. The van der Waals surface area contributed by atoms with Gasteiger partial charge in [-0.1, -0.05) is 151 Å². The fourth-order valence-corrected chi connectivity index (χ4v) is 6.68. The number of benzene rings is 7. The van der Waals surface area contributed by atoms with E-state index in [4.69, 9.17) is 21.9 Å². The minimum absolute atomic E-state index is 0.0112. The molecule has 230 valence electrons. The second-order valence-corrected chi connectivity index (χ2v) is 11.5. The van der Waals surface area contributed by atoms with E-state index in [1.807, 2.05) is 65.2 Å². The molecule has 7 aromatic carbocycles. The minimum atomic E-state index is -0.651. The Morgan fingerprint density at radius 3 is 1.65 bits per heavy atom. The summed E-state index contributed by atoms with van der Waals surface area (Å²) < 4.78 is 150. The lowest BCUT2D eigenvalue weighted by atomic mass is 10.0. The van der Waals surface area contributed by atoms with Gasteiger partial charge >= 0.3 is 0 Å². The summed E-state index contributed by atoms with van der Waals surface area (Å²) in [5.41, 5.74) is 2.25. The lowest BCUT2D eigenvalue weighted by Crippen LogP contribution is -2.04. The average molecular weight is 634 g/mol. The molecule has 0 aliphatic heterocycles. The van der Waals surface area contributed by atoms with Crippen molar-refractivity contribution in [2.45, 2.75) is 25.9 Å². The summed E-state index contributed by atoms with van der Waals surface area (Å²) in [6, 6.07) is 11.9. The number of aromatic nitrogens is 2. The second-order valence-electron chi connectivity index (χ2n) is 11.5. The maximum atomic E-state index is 9.44. The van der Waals surface area contributed by atoms with Crippen molar-refractivity contribution >= 4 is 43.6 Å². The van der Waals surface area contributed by atoms with Gasteiger partial charge < -0.3 is 9.13 Å². The zero-order valence-corrected chi connectivity index (χ0v) is 25.6. The summed E-state index contributed by atoms with van der Waals surface area (Å²) in [6.07, 6.45) is 0.620. The van der Waals surface area contributed by atoms with Gasteiger partial charge in [0.05, 0.1) is 34.3 Å². The highest BCUT2D eigenvalue weighted by atomic mass is 15.0. The second kappa shape index (κ2) is 12.1. The van der Waals surface area contributed by atoms with Crippen molar-refractivity contribution in [2.75, 3.05) is 0 Å². The van der Waals surface area contributed by atoms with Crippen LogP contribution < -0.4 is 0 Å². The summed E-state index contributed by atoms with van der Waals surface area (Å²) in [4.78, 5) is 0. The van der Waals surface area contributed by atoms with Gasteiger partial charge in [-0.25, -0.2) is 0 Å². The summed E-state index contributed by atoms with van der Waals surface area (Å²) in [7, 11) is 0. The number of rotatable bonds is 8. The van der Waals surface area contributed by atoms with Gasteiger partial charge in [0.25, 0.3) is 0 Å². The number of hydrogen-bond acceptors (Lipinski definition) is 0. The maximum Gasteiger partial charge on any atom is 0.0742 e. The molecule has 0 bridgehead atoms. The quantitative estimate of drug-likeness (QED) is 0.158. The van der Waals surface area contributed by atoms with Crippen LogP contribution in [0.2, 0.25) is 0 Å². The van der Waals surface area contributed by atoms with Crippen LogP contribution in [0.25, 0.3) is 65.9 Å². The van der Waals surface area contributed by atoms with E-state index < -0.39 is 96.2 Å². The molecule has 0 aliphatic rings. The van der Waals surface area contributed by atoms with Gasteiger partial charge in [-0.2, -0.15) is 0 Å². The summed E-state index contributed by atoms with van der Waals surface area (Å²) in [5.74, 6) is 0. The summed E-state index contributed by atoms with van der Waals surface area (Å²) >= 11 is 0. The molecular formula is C46H36N2. The van der Waals surface area contributed by atoms with Crippen LogP contribution in [0.3, 0.4) is 0 Å². The van der Waals surface area contributed by atoms with Crippen LogP contribution in [0.1, 0.15) is 40.9 Å². The van der Waals surface area contributed by atoms with Crippen LogP contribution in [0, 0.1) is 0 Å². The number of fused-ring (bicyclic) bond motifs is 7. The average Bonchev–Trinajstić information content (AvgIpc) is 3.80. The molecule has 2 nitrogen and oxygen atoms in total. The van der Waals surface area contributed by atoms with Gasteiger partial charge in [-0.05, 0) is 64.4 Å². The highest BCUT2D eigenvalue weighted by Crippen LogP contribution is 2.39. The van der Waals surface area contributed by atoms with Gasteiger partial charge in [0.1, 0.15) is 0 Å². The fourth-order valence-electron chi connectivity index (χ4n) is 6.68. The minimum Gasteiger partial charge on any atom is -0.339 e. The van der Waals surface area contributed by atoms with E-state index in [0.29, 0.717) is 18.5 Å². The normalized spacial score (nSPS) is 16.6. The van der Waals surface area contributed by atoms with Crippen LogP contribution in [-0.4, -0.2) is 9.13 Å². The molecule has 2 heterocycles. The number of para-hydroxylation sites is 2. The van der Waals surface area contributed by atoms with Crippen LogP contribution in [0.5, 0.6) is 0 Å². The zero-order valence-electron chi connectivity index (χ0n) is 42.6. The van der Waals surface area contributed by atoms with Gasteiger partial charge in [0.15, 0.2) is 0 Å². The third-order valence-corrected chi connectivity index (χ3v) is 8.71. The lowest BCUT2D eigenvalue weighted by Gasteiger charge is -2.13. The fraction of sp³-hybridized carbons (Fsp3) is 0.0870. The Morgan fingerprint density at radius 1 is 0.438 bits per heavy atom. The number of hydrogen-bond donors (Lipinski definition) is 0. The third-order valence-electron chi connectivity index (χ3n) is 8.71. The molecule has 0 saturated heterocycles. The van der Waals surface area contributed by atoms with Crippen molar-refractivity contribution in [3.63, 3.8) is 0 Å². The lowest BCUT2D eigenvalue weighted by molar-refractivity contribution is 0.678. The van der Waals surface area contributed by atoms with E-state index in [1.54, 1.807) is 0 Å². The van der Waals surface area contributed by atoms with E-state index in [2.05, 4.69) is 4.57 Å². The Hall–Kier alpha value is -5.86. The standard InChI is InChI=1S/C46H36N2/c1-3-17-35(18-4-1)37-21-11-14-33(30-37)16-13-29-47-43-25-9-7-23-39(43)41-27-28-42-40-24-8-10-26-44(40)48(46(42)45(41)47)32-34-15-12-22-38(31-34)36-19-5-2-6-20-36/h1-12,14-15,17-28,30-31H,13,16,29,32H2/i1D,2D,3D,4D,5D,6D,11D,12D,15D,17D,18D,19D,20D,21D,22D,30D,31D. The van der Waals surface area contributed by atoms with Crippen LogP contribution >= 0.6 is 0 Å². The molecule has 0 N–H and O–H groups in total. The van der Waals surface area contributed by atoms with Crippen molar-refractivity contribution in [1.29, 1.82) is 0 Å². The molecule has 9 rings (SSSR count). The maximum absolute atomic E-state index is 9.44. The molecule has 0 saturated carbocycles. The van der Waals surface area contributed by atoms with Crippen molar-refractivity contribution in [3.05, 3.63) is 181 Å². The van der Waals surface area contributed by atoms with E-state index in [9.17, 15) is 1.37 Å². The Kier molecular flexibility index (Phi) is 3.97. The van der Waals surface area contributed by atoms with E-state index in [0.717, 1.165) is 43.6 Å². The first-order chi connectivity index (χ1) is 30.9. The topological polar surface area (TPSA) is 9.86 Å². The molecule has 0 atom stereocenters. The molecule has 0 radical (unpaired) electrons. The zero-order chi connectivity index (χ0) is 46.7. The van der Waals surface area contributed by atoms with Gasteiger partial charge in [0, 0.05) is 45.7 Å². The highest BCUT2D eigenvalue weighted by molar-refractivity contribution is 6.22. The largest absolute Gasteiger partial charge is 0.339 e. The van der Waals surface area contributed by atoms with Crippen molar-refractivity contribution < 1.29 is 23.3 Å². The van der Waals surface area contributed by atoms with Gasteiger partial charge in [-0.3, -0.25) is 0 Å². The molecule has 0 fully saturated rings. The molecule has 0 unspecified atom stereocenters. The smallest absolute Gasteiger partial charge is 0.0742 e. The highest BCUT2D eigenvalue weighted by Gasteiger charge is 2.19. The predicted molar refractivity (Wildman–Crippen MR) is 204 cm³/mol. The van der Waals surface area contributed by atoms with E-state index in [-0.39, 0.29) is 47.3 Å².